The van der Waals surface area contributed by atoms with Crippen LogP contribution in [0.15, 0.2) is 0 Å². The highest BCUT2D eigenvalue weighted by molar-refractivity contribution is 4.84. The molecule has 1 atom stereocenters. The highest BCUT2D eigenvalue weighted by Gasteiger charge is 2.24. The summed E-state index contributed by atoms with van der Waals surface area (Å²) >= 11 is 0. The van der Waals surface area contributed by atoms with E-state index < -0.39 is 0 Å². The van der Waals surface area contributed by atoms with Crippen molar-refractivity contribution in [2.24, 2.45) is 0 Å². The van der Waals surface area contributed by atoms with E-state index in [1.807, 2.05) is 0 Å². The number of likely N-dealkylation sites (tertiary alicyclic amines) is 2. The zero-order valence-corrected chi connectivity index (χ0v) is 7.13. The molecule has 0 bridgehead atoms. The van der Waals surface area contributed by atoms with Gasteiger partial charge in [-0.05, 0) is 45.4 Å². The minimum Gasteiger partial charge on any atom is -0.458 e. The van der Waals surface area contributed by atoms with Gasteiger partial charge < -0.3 is 4.90 Å². The molecular weight excluding hydrogens is 136 g/mol. The Balaban J connectivity index is 1.85. The smallest absolute Gasteiger partial charge is 0.0210 e. The molecule has 0 aromatic carbocycles. The van der Waals surface area contributed by atoms with Crippen molar-refractivity contribution in [1.29, 1.82) is 0 Å². The van der Waals surface area contributed by atoms with E-state index in [1.165, 1.54) is 45.4 Å². The molecule has 0 N–H and O–H groups in total. The SMILES string of the molecule is [CH2-]N1CCC(N2CCCC2)C1. The van der Waals surface area contributed by atoms with Gasteiger partial charge in [0.1, 0.15) is 0 Å². The molecule has 0 radical (unpaired) electrons. The van der Waals surface area contributed by atoms with E-state index in [9.17, 15) is 0 Å². The fourth-order valence-electron chi connectivity index (χ4n) is 2.22. The molecule has 2 rings (SSSR count). The largest absolute Gasteiger partial charge is 0.458 e. The van der Waals surface area contributed by atoms with Gasteiger partial charge in [0, 0.05) is 6.04 Å². The van der Waals surface area contributed by atoms with Crippen LogP contribution in [0.3, 0.4) is 0 Å². The minimum atomic E-state index is 0.829. The van der Waals surface area contributed by atoms with Crippen LogP contribution < -0.4 is 0 Å². The van der Waals surface area contributed by atoms with Gasteiger partial charge in [-0.25, -0.2) is 0 Å². The molecular formula is C9H17N2-. The highest BCUT2D eigenvalue weighted by Crippen LogP contribution is 2.19. The number of hydrogen-bond donors (Lipinski definition) is 0. The zero-order chi connectivity index (χ0) is 7.68. The summed E-state index contributed by atoms with van der Waals surface area (Å²) in [6.07, 6.45) is 4.16. The van der Waals surface area contributed by atoms with E-state index in [1.54, 1.807) is 0 Å². The molecule has 2 saturated heterocycles. The fourth-order valence-corrected chi connectivity index (χ4v) is 2.22. The first-order chi connectivity index (χ1) is 5.36. The van der Waals surface area contributed by atoms with Crippen molar-refractivity contribution in [1.82, 2.24) is 9.80 Å². The Labute approximate surface area is 69.2 Å². The molecule has 11 heavy (non-hydrogen) atoms. The molecule has 2 aliphatic rings. The van der Waals surface area contributed by atoms with Crippen LogP contribution in [0.1, 0.15) is 19.3 Å². The van der Waals surface area contributed by atoms with Gasteiger partial charge in [0.15, 0.2) is 0 Å². The maximum Gasteiger partial charge on any atom is 0.0210 e. The monoisotopic (exact) mass is 153 g/mol. The molecule has 0 amide bonds. The summed E-state index contributed by atoms with van der Waals surface area (Å²) in [6.45, 7) is 5.05. The van der Waals surface area contributed by atoms with Crippen LogP contribution in [0, 0.1) is 7.05 Å². The normalized spacial score (nSPS) is 35.2. The Hall–Kier alpha value is -0.0800. The van der Waals surface area contributed by atoms with Crippen molar-refractivity contribution in [2.75, 3.05) is 26.2 Å². The molecule has 2 heteroatoms. The first-order valence-electron chi connectivity index (χ1n) is 4.66. The summed E-state index contributed by atoms with van der Waals surface area (Å²) in [6, 6.07) is 0.829. The van der Waals surface area contributed by atoms with Crippen molar-refractivity contribution in [3.05, 3.63) is 7.05 Å². The van der Waals surface area contributed by atoms with Crippen LogP contribution in [-0.2, 0) is 0 Å². The minimum absolute atomic E-state index is 0.829. The van der Waals surface area contributed by atoms with Crippen LogP contribution in [-0.4, -0.2) is 42.0 Å². The Morgan fingerprint density at radius 1 is 1.09 bits per heavy atom. The summed E-state index contributed by atoms with van der Waals surface area (Å²) in [5.41, 5.74) is 0. The van der Waals surface area contributed by atoms with Gasteiger partial charge in [-0.15, -0.1) is 0 Å². The van der Waals surface area contributed by atoms with Crippen LogP contribution in [0.25, 0.3) is 0 Å². The molecule has 1 unspecified atom stereocenters. The van der Waals surface area contributed by atoms with Gasteiger partial charge in [0.25, 0.3) is 0 Å². The highest BCUT2D eigenvalue weighted by atomic mass is 15.2. The molecule has 0 saturated carbocycles. The Kier molecular flexibility index (Phi) is 2.14. The van der Waals surface area contributed by atoms with Crippen molar-refractivity contribution in [3.63, 3.8) is 0 Å². The summed E-state index contributed by atoms with van der Waals surface area (Å²) in [5, 5.41) is 0. The molecule has 0 aliphatic carbocycles. The Morgan fingerprint density at radius 2 is 1.82 bits per heavy atom. The van der Waals surface area contributed by atoms with Gasteiger partial charge in [-0.1, -0.05) is 0 Å². The first kappa shape index (κ1) is 7.56. The molecule has 2 heterocycles. The molecule has 2 aliphatic heterocycles. The average molecular weight is 153 g/mol. The van der Waals surface area contributed by atoms with Gasteiger partial charge in [0.2, 0.25) is 0 Å². The standard InChI is InChI=1S/C9H17N2/c1-10-7-4-9(8-10)11-5-2-3-6-11/h9H,1-8H2/q-1. The first-order valence-corrected chi connectivity index (χ1v) is 4.66. The van der Waals surface area contributed by atoms with Crippen molar-refractivity contribution < 1.29 is 0 Å². The third-order valence-electron chi connectivity index (χ3n) is 2.90. The lowest BCUT2D eigenvalue weighted by molar-refractivity contribution is 0.246. The number of nitrogens with zero attached hydrogens (tertiary/aromatic N) is 2. The zero-order valence-electron chi connectivity index (χ0n) is 7.13. The predicted octanol–water partition coefficient (Wildman–Crippen LogP) is 0.948. The molecule has 2 nitrogen and oxygen atoms in total. The summed E-state index contributed by atoms with van der Waals surface area (Å²) in [5.74, 6) is 0. The van der Waals surface area contributed by atoms with Crippen molar-refractivity contribution in [2.45, 2.75) is 25.3 Å². The number of hydrogen-bond acceptors (Lipinski definition) is 2. The summed E-state index contributed by atoms with van der Waals surface area (Å²) in [4.78, 5) is 4.83. The predicted molar refractivity (Wildman–Crippen MR) is 46.1 cm³/mol. The molecule has 0 aromatic rings. The van der Waals surface area contributed by atoms with E-state index in [2.05, 4.69) is 16.8 Å². The van der Waals surface area contributed by atoms with Crippen LogP contribution in [0.2, 0.25) is 0 Å². The second-order valence-electron chi connectivity index (χ2n) is 3.76. The van der Waals surface area contributed by atoms with Crippen LogP contribution >= 0.6 is 0 Å². The van der Waals surface area contributed by atoms with E-state index in [0.717, 1.165) is 6.04 Å². The maximum atomic E-state index is 3.97. The third-order valence-corrected chi connectivity index (χ3v) is 2.90. The van der Waals surface area contributed by atoms with Crippen LogP contribution in [0.5, 0.6) is 0 Å². The van der Waals surface area contributed by atoms with E-state index in [-0.39, 0.29) is 0 Å². The molecule has 0 spiro atoms. The van der Waals surface area contributed by atoms with E-state index >= 15 is 0 Å². The maximum absolute atomic E-state index is 3.97. The fraction of sp³-hybridized carbons (Fsp3) is 0.889. The summed E-state index contributed by atoms with van der Waals surface area (Å²) < 4.78 is 0. The topological polar surface area (TPSA) is 6.48 Å². The Morgan fingerprint density at radius 3 is 2.36 bits per heavy atom. The average Bonchev–Trinajstić information content (AvgIpc) is 2.55. The van der Waals surface area contributed by atoms with E-state index in [0.29, 0.717) is 0 Å². The Bertz CT molecular complexity index is 130. The number of rotatable bonds is 1. The van der Waals surface area contributed by atoms with Crippen molar-refractivity contribution in [3.8, 4) is 0 Å². The lowest BCUT2D eigenvalue weighted by atomic mass is 10.2. The van der Waals surface area contributed by atoms with Crippen molar-refractivity contribution >= 4 is 0 Å². The quantitative estimate of drug-likeness (QED) is 0.517. The molecule has 0 aromatic heterocycles. The second kappa shape index (κ2) is 3.11. The van der Waals surface area contributed by atoms with Gasteiger partial charge >= 0.3 is 0 Å². The lowest BCUT2D eigenvalue weighted by Crippen LogP contribution is -2.34. The summed E-state index contributed by atoms with van der Waals surface area (Å²) in [7, 11) is 3.97. The molecule has 2 fully saturated rings. The van der Waals surface area contributed by atoms with Gasteiger partial charge in [0.05, 0.1) is 0 Å². The van der Waals surface area contributed by atoms with E-state index in [4.69, 9.17) is 0 Å². The second-order valence-corrected chi connectivity index (χ2v) is 3.76. The van der Waals surface area contributed by atoms with Gasteiger partial charge in [-0.3, -0.25) is 11.9 Å². The molecule has 64 valence electrons. The lowest BCUT2D eigenvalue weighted by Gasteiger charge is -2.24. The third kappa shape index (κ3) is 1.57. The van der Waals surface area contributed by atoms with Crippen LogP contribution in [0.4, 0.5) is 0 Å². The van der Waals surface area contributed by atoms with Gasteiger partial charge in [-0.2, -0.15) is 0 Å².